The average molecular weight is 595 g/mol. The molecule has 0 saturated heterocycles. The Morgan fingerprint density at radius 1 is 1.15 bits per heavy atom. The fraction of sp³-hybridized carbons (Fsp3) is 0.552. The molecule has 1 aromatic carbocycles. The number of anilines is 1. The number of nitrogens with zero attached hydrogens (tertiary/aromatic N) is 3. The van der Waals surface area contributed by atoms with E-state index in [1.165, 1.54) is 75.6 Å². The number of carboxylic acids is 1. The molecule has 1 aliphatic rings. The van der Waals surface area contributed by atoms with Gasteiger partial charge in [-0.05, 0) is 50.1 Å². The molecule has 0 amide bonds. The van der Waals surface area contributed by atoms with E-state index >= 15 is 0 Å². The van der Waals surface area contributed by atoms with Gasteiger partial charge in [-0.25, -0.2) is 27.1 Å². The van der Waals surface area contributed by atoms with E-state index in [2.05, 4.69) is 22.3 Å². The highest BCUT2D eigenvalue weighted by Crippen LogP contribution is 2.31. The van der Waals surface area contributed by atoms with Crippen molar-refractivity contribution in [3.63, 3.8) is 0 Å². The van der Waals surface area contributed by atoms with Crippen LogP contribution in [0.1, 0.15) is 76.0 Å². The molecule has 0 spiro atoms. The second-order valence-electron chi connectivity index (χ2n) is 10.6. The van der Waals surface area contributed by atoms with Crippen LogP contribution in [0.5, 0.6) is 0 Å². The second kappa shape index (κ2) is 15.9. The number of aliphatic carboxylic acids is 1. The number of aromatic nitrogens is 2. The number of halogens is 1. The van der Waals surface area contributed by atoms with E-state index in [1.807, 2.05) is 13.8 Å². The van der Waals surface area contributed by atoms with Crippen molar-refractivity contribution in [2.24, 2.45) is 0 Å². The number of sulfonamides is 1. The molecule has 41 heavy (non-hydrogen) atoms. The lowest BCUT2D eigenvalue weighted by molar-refractivity contribution is -0.139. The fourth-order valence-corrected chi connectivity index (χ4v) is 4.81. The van der Waals surface area contributed by atoms with E-state index in [1.54, 1.807) is 0 Å². The highest BCUT2D eigenvalue weighted by molar-refractivity contribution is 7.92. The first-order valence-corrected chi connectivity index (χ1v) is 15.6. The summed E-state index contributed by atoms with van der Waals surface area (Å²) in [6.45, 7) is 3.71. The van der Waals surface area contributed by atoms with E-state index in [-0.39, 0.29) is 18.3 Å². The minimum absolute atomic E-state index is 0.0601. The normalized spacial score (nSPS) is 15.8. The van der Waals surface area contributed by atoms with E-state index in [9.17, 15) is 27.8 Å². The number of nitrogens with one attached hydrogen (secondary N) is 1. The molecule has 0 bridgehead atoms. The van der Waals surface area contributed by atoms with Crippen LogP contribution in [0, 0.1) is 5.82 Å². The van der Waals surface area contributed by atoms with Gasteiger partial charge in [0.05, 0.1) is 36.3 Å². The maximum atomic E-state index is 13.5. The molecule has 1 aliphatic carbocycles. The first kappa shape index (κ1) is 34.3. The molecular formula is C29H43FN4O6S. The highest BCUT2D eigenvalue weighted by atomic mass is 32.2. The van der Waals surface area contributed by atoms with Crippen molar-refractivity contribution in [3.8, 4) is 11.3 Å². The van der Waals surface area contributed by atoms with Gasteiger partial charge in [-0.1, -0.05) is 45.3 Å². The number of rotatable bonds is 11. The van der Waals surface area contributed by atoms with Gasteiger partial charge in [0.2, 0.25) is 16.0 Å². The third-order valence-electron chi connectivity index (χ3n) is 6.83. The highest BCUT2D eigenvalue weighted by Gasteiger charge is 2.22. The quantitative estimate of drug-likeness (QED) is 0.303. The van der Waals surface area contributed by atoms with Gasteiger partial charge in [0.1, 0.15) is 5.82 Å². The Balaban J connectivity index is 0.000000629. The lowest BCUT2D eigenvalue weighted by Crippen LogP contribution is -2.27. The zero-order valence-corrected chi connectivity index (χ0v) is 25.2. The van der Waals surface area contributed by atoms with Crippen LogP contribution in [0.15, 0.2) is 30.3 Å². The summed E-state index contributed by atoms with van der Waals surface area (Å²) < 4.78 is 38.6. The Kier molecular flexibility index (Phi) is 13.3. The summed E-state index contributed by atoms with van der Waals surface area (Å²) >= 11 is 0. The van der Waals surface area contributed by atoms with Gasteiger partial charge in [-0.15, -0.1) is 0 Å². The summed E-state index contributed by atoms with van der Waals surface area (Å²) in [7, 11) is -0.260. The average Bonchev–Trinajstić information content (AvgIpc) is 2.91. The molecule has 1 aromatic heterocycles. The standard InChI is InChI=1S/C22H28FN3O6S.C7H15N/c1-13(2)20-18(10-9-16(27)11-17(28)12-19(29)30)21(14-5-7-15(23)8-6-14)25-22(24-20)26(3)33(4,31)32;1-8-7-5-3-2-4-6-7/h5-10,13,16-17,27-28H,11-12H2,1-4H3,(H,29,30);7-8H,2-6H2,1H3/b10-9+;/t16-,17-;/m1./s1. The number of hydrogen-bond donors (Lipinski definition) is 4. The zero-order valence-electron chi connectivity index (χ0n) is 24.4. The lowest BCUT2D eigenvalue weighted by Gasteiger charge is -2.20. The van der Waals surface area contributed by atoms with Crippen LogP contribution in [0.3, 0.4) is 0 Å². The first-order chi connectivity index (χ1) is 19.2. The Hall–Kier alpha value is -2.93. The van der Waals surface area contributed by atoms with Crippen molar-refractivity contribution < 1.29 is 32.9 Å². The largest absolute Gasteiger partial charge is 0.481 e. The van der Waals surface area contributed by atoms with E-state index in [0.717, 1.165) is 16.6 Å². The fourth-order valence-electron chi connectivity index (χ4n) is 4.44. The monoisotopic (exact) mass is 594 g/mol. The van der Waals surface area contributed by atoms with Gasteiger partial charge in [0.25, 0.3) is 0 Å². The van der Waals surface area contributed by atoms with Gasteiger partial charge < -0.3 is 20.6 Å². The van der Waals surface area contributed by atoms with Gasteiger partial charge in [0.15, 0.2) is 0 Å². The summed E-state index contributed by atoms with van der Waals surface area (Å²) in [5.41, 5.74) is 1.80. The number of carbonyl (C=O) groups is 1. The number of benzene rings is 1. The SMILES string of the molecule is CC(C)c1nc(N(C)S(C)(=O)=O)nc(-c2ccc(F)cc2)c1/C=C/[C@@H](O)C[C@@H](O)CC(=O)O.CNC1CCCCC1. The van der Waals surface area contributed by atoms with Crippen molar-refractivity contribution in [2.75, 3.05) is 24.7 Å². The number of carboxylic acid groups (broad SMARTS) is 1. The van der Waals surface area contributed by atoms with E-state index in [4.69, 9.17) is 5.11 Å². The smallest absolute Gasteiger partial charge is 0.305 e. The third-order valence-corrected chi connectivity index (χ3v) is 7.99. The summed E-state index contributed by atoms with van der Waals surface area (Å²) in [6.07, 6.45) is 7.99. The second-order valence-corrected chi connectivity index (χ2v) is 12.6. The number of hydrogen-bond acceptors (Lipinski definition) is 8. The molecule has 228 valence electrons. The van der Waals surface area contributed by atoms with Gasteiger partial charge >= 0.3 is 5.97 Å². The van der Waals surface area contributed by atoms with Crippen molar-refractivity contribution in [3.05, 3.63) is 47.4 Å². The van der Waals surface area contributed by atoms with Gasteiger partial charge in [-0.3, -0.25) is 4.79 Å². The van der Waals surface area contributed by atoms with Crippen LogP contribution in [0.2, 0.25) is 0 Å². The zero-order chi connectivity index (χ0) is 30.7. The molecule has 1 fully saturated rings. The summed E-state index contributed by atoms with van der Waals surface area (Å²) in [5, 5.41) is 32.1. The van der Waals surface area contributed by atoms with Gasteiger partial charge in [-0.2, -0.15) is 0 Å². The van der Waals surface area contributed by atoms with Crippen molar-refractivity contribution in [1.29, 1.82) is 0 Å². The van der Waals surface area contributed by atoms with E-state index < -0.39 is 40.4 Å². The summed E-state index contributed by atoms with van der Waals surface area (Å²) in [4.78, 5) is 19.6. The Morgan fingerprint density at radius 3 is 2.24 bits per heavy atom. The Morgan fingerprint density at radius 2 is 1.76 bits per heavy atom. The molecule has 0 radical (unpaired) electrons. The lowest BCUT2D eigenvalue weighted by atomic mass is 9.96. The molecule has 2 aromatic rings. The minimum atomic E-state index is -3.65. The maximum Gasteiger partial charge on any atom is 0.305 e. The van der Waals surface area contributed by atoms with Crippen LogP contribution < -0.4 is 9.62 Å². The van der Waals surface area contributed by atoms with Crippen LogP contribution in [0.25, 0.3) is 17.3 Å². The third kappa shape index (κ3) is 11.1. The van der Waals surface area contributed by atoms with E-state index in [0.29, 0.717) is 22.5 Å². The molecule has 0 unspecified atom stereocenters. The van der Waals surface area contributed by atoms with Crippen molar-refractivity contribution in [1.82, 2.24) is 15.3 Å². The predicted octanol–water partition coefficient (Wildman–Crippen LogP) is 3.94. The van der Waals surface area contributed by atoms with Gasteiger partial charge in [0, 0.05) is 30.6 Å². The number of aliphatic hydroxyl groups is 2. The molecule has 1 heterocycles. The van der Waals surface area contributed by atoms with Crippen molar-refractivity contribution >= 4 is 28.0 Å². The summed E-state index contributed by atoms with van der Waals surface area (Å²) in [5.74, 6) is -1.87. The first-order valence-electron chi connectivity index (χ1n) is 13.8. The number of aliphatic hydroxyl groups excluding tert-OH is 2. The summed E-state index contributed by atoms with van der Waals surface area (Å²) in [6, 6.07) is 6.32. The van der Waals surface area contributed by atoms with Crippen LogP contribution in [0.4, 0.5) is 10.3 Å². The topological polar surface area (TPSA) is 153 Å². The molecule has 10 nitrogen and oxygen atoms in total. The molecule has 1 saturated carbocycles. The van der Waals surface area contributed by atoms with Crippen LogP contribution in [-0.4, -0.2) is 78.3 Å². The molecule has 12 heteroatoms. The predicted molar refractivity (Wildman–Crippen MR) is 159 cm³/mol. The Labute approximate surface area is 242 Å². The Bertz CT molecular complexity index is 1260. The molecule has 4 N–H and O–H groups in total. The molecule has 2 atom stereocenters. The molecular weight excluding hydrogens is 551 g/mol. The van der Waals surface area contributed by atoms with Crippen LogP contribution >= 0.6 is 0 Å². The molecule has 3 rings (SSSR count). The van der Waals surface area contributed by atoms with Crippen LogP contribution in [-0.2, 0) is 14.8 Å². The van der Waals surface area contributed by atoms with Crippen molar-refractivity contribution in [2.45, 2.75) is 83.0 Å². The maximum absolute atomic E-state index is 13.5. The molecule has 0 aliphatic heterocycles. The minimum Gasteiger partial charge on any atom is -0.481 e.